The molecule has 1 amide bonds. The Kier molecular flexibility index (Phi) is 4.29. The number of furan rings is 1. The average Bonchev–Trinajstić information content (AvgIpc) is 3.22. The third-order valence-corrected chi connectivity index (χ3v) is 3.11. The number of carbonyl (C=O) groups is 1. The van der Waals surface area contributed by atoms with Gasteiger partial charge in [-0.2, -0.15) is 4.98 Å². The van der Waals surface area contributed by atoms with E-state index >= 15 is 0 Å². The van der Waals surface area contributed by atoms with Crippen molar-refractivity contribution < 1.29 is 13.7 Å². The number of hydrogen-bond donors (Lipinski definition) is 1. The third kappa shape index (κ3) is 3.60. The molecule has 2 aromatic heterocycles. The first kappa shape index (κ1) is 14.1. The van der Waals surface area contributed by atoms with Crippen molar-refractivity contribution in [1.29, 1.82) is 0 Å². The zero-order valence-corrected chi connectivity index (χ0v) is 11.9. The Balaban J connectivity index is 1.47. The van der Waals surface area contributed by atoms with Crippen LogP contribution in [0.4, 0.5) is 0 Å². The fourth-order valence-electron chi connectivity index (χ4n) is 1.97. The Morgan fingerprint density at radius 2 is 2.00 bits per heavy atom. The molecule has 0 aliphatic rings. The number of aromatic nitrogens is 2. The van der Waals surface area contributed by atoms with Gasteiger partial charge in [-0.1, -0.05) is 35.5 Å². The quantitative estimate of drug-likeness (QED) is 0.756. The van der Waals surface area contributed by atoms with Crippen LogP contribution in [0.2, 0.25) is 0 Å². The molecule has 112 valence electrons. The lowest BCUT2D eigenvalue weighted by Gasteiger charge is -2.03. The second-order valence-electron chi connectivity index (χ2n) is 4.75. The van der Waals surface area contributed by atoms with Crippen molar-refractivity contribution in [2.45, 2.75) is 19.4 Å². The van der Waals surface area contributed by atoms with Gasteiger partial charge >= 0.3 is 0 Å². The molecule has 1 aromatic carbocycles. The molecule has 0 spiro atoms. The van der Waals surface area contributed by atoms with Gasteiger partial charge in [0.05, 0.1) is 6.26 Å². The molecule has 6 nitrogen and oxygen atoms in total. The van der Waals surface area contributed by atoms with Crippen LogP contribution in [0.3, 0.4) is 0 Å². The molecule has 0 radical (unpaired) electrons. The molecular formula is C16H15N3O3. The van der Waals surface area contributed by atoms with Crippen LogP contribution in [-0.4, -0.2) is 16.0 Å². The van der Waals surface area contributed by atoms with Gasteiger partial charge in [0.2, 0.25) is 17.6 Å². The minimum Gasteiger partial charge on any atom is -0.461 e. The van der Waals surface area contributed by atoms with Crippen molar-refractivity contribution in [3.63, 3.8) is 0 Å². The van der Waals surface area contributed by atoms with Gasteiger partial charge in [-0.15, -0.1) is 0 Å². The van der Waals surface area contributed by atoms with Crippen LogP contribution >= 0.6 is 0 Å². The Morgan fingerprint density at radius 3 is 2.77 bits per heavy atom. The first-order chi connectivity index (χ1) is 10.8. The predicted molar refractivity (Wildman–Crippen MR) is 78.6 cm³/mol. The molecule has 0 fully saturated rings. The molecule has 0 bridgehead atoms. The van der Waals surface area contributed by atoms with Gasteiger partial charge in [-0.25, -0.2) is 0 Å². The van der Waals surface area contributed by atoms with Crippen molar-refractivity contribution in [3.05, 3.63) is 60.2 Å². The van der Waals surface area contributed by atoms with E-state index in [1.165, 1.54) is 0 Å². The Bertz CT molecular complexity index is 720. The predicted octanol–water partition coefficient (Wildman–Crippen LogP) is 2.58. The lowest BCUT2D eigenvalue weighted by Crippen LogP contribution is -2.22. The highest BCUT2D eigenvalue weighted by atomic mass is 16.5. The topological polar surface area (TPSA) is 81.2 Å². The van der Waals surface area contributed by atoms with Crippen molar-refractivity contribution in [3.8, 4) is 11.6 Å². The van der Waals surface area contributed by atoms with Crippen molar-refractivity contribution in [1.82, 2.24) is 15.5 Å². The molecule has 2 heterocycles. The van der Waals surface area contributed by atoms with Gasteiger partial charge in [-0.3, -0.25) is 4.79 Å². The van der Waals surface area contributed by atoms with Crippen LogP contribution in [0.1, 0.15) is 17.9 Å². The summed E-state index contributed by atoms with van der Waals surface area (Å²) in [7, 11) is 0. The van der Waals surface area contributed by atoms with Gasteiger partial charge in [0.1, 0.15) is 0 Å². The summed E-state index contributed by atoms with van der Waals surface area (Å²) in [4.78, 5) is 16.0. The summed E-state index contributed by atoms with van der Waals surface area (Å²) in [5, 5.41) is 6.67. The molecule has 0 unspecified atom stereocenters. The van der Waals surface area contributed by atoms with E-state index in [2.05, 4.69) is 15.5 Å². The maximum atomic E-state index is 11.8. The summed E-state index contributed by atoms with van der Waals surface area (Å²) < 4.78 is 10.3. The number of benzene rings is 1. The van der Waals surface area contributed by atoms with Gasteiger partial charge in [0.15, 0.2) is 5.76 Å². The summed E-state index contributed by atoms with van der Waals surface area (Å²) in [6, 6.07) is 13.3. The van der Waals surface area contributed by atoms with Crippen LogP contribution in [0.5, 0.6) is 0 Å². The molecule has 0 aliphatic heterocycles. The highest BCUT2D eigenvalue weighted by molar-refractivity contribution is 5.76. The summed E-state index contributed by atoms with van der Waals surface area (Å²) in [6.45, 7) is 0.515. The number of aryl methyl sites for hydroxylation is 1. The van der Waals surface area contributed by atoms with E-state index in [1.807, 2.05) is 30.3 Å². The van der Waals surface area contributed by atoms with Crippen molar-refractivity contribution >= 4 is 5.91 Å². The first-order valence-corrected chi connectivity index (χ1v) is 6.98. The van der Waals surface area contributed by atoms with Gasteiger partial charge in [-0.05, 0) is 17.7 Å². The van der Waals surface area contributed by atoms with Crippen molar-refractivity contribution in [2.24, 2.45) is 0 Å². The number of nitrogens with one attached hydrogen (secondary N) is 1. The molecular weight excluding hydrogens is 282 g/mol. The average molecular weight is 297 g/mol. The van der Waals surface area contributed by atoms with E-state index in [1.54, 1.807) is 18.4 Å². The summed E-state index contributed by atoms with van der Waals surface area (Å²) in [5.74, 6) is 1.30. The fourth-order valence-corrected chi connectivity index (χ4v) is 1.97. The van der Waals surface area contributed by atoms with Gasteiger partial charge in [0, 0.05) is 19.4 Å². The van der Waals surface area contributed by atoms with E-state index in [9.17, 15) is 4.79 Å². The lowest BCUT2D eigenvalue weighted by atomic mass is 10.2. The standard InChI is InChI=1S/C16H15N3O3/c20-14(17-11-12-5-2-1-3-6-12)8-9-15-18-16(19-22-15)13-7-4-10-21-13/h1-7,10H,8-9,11H2,(H,17,20). The van der Waals surface area contributed by atoms with Crippen molar-refractivity contribution in [2.75, 3.05) is 0 Å². The summed E-state index contributed by atoms with van der Waals surface area (Å²) >= 11 is 0. The van der Waals surface area contributed by atoms with E-state index in [4.69, 9.17) is 8.94 Å². The number of carbonyl (C=O) groups excluding carboxylic acids is 1. The lowest BCUT2D eigenvalue weighted by molar-refractivity contribution is -0.121. The Hall–Kier alpha value is -2.89. The summed E-state index contributed by atoms with van der Waals surface area (Å²) in [5.41, 5.74) is 1.06. The zero-order valence-electron chi connectivity index (χ0n) is 11.9. The third-order valence-electron chi connectivity index (χ3n) is 3.11. The van der Waals surface area contributed by atoms with Gasteiger partial charge in [0.25, 0.3) is 0 Å². The molecule has 1 N–H and O–H groups in total. The molecule has 0 aliphatic carbocycles. The monoisotopic (exact) mass is 297 g/mol. The second kappa shape index (κ2) is 6.71. The smallest absolute Gasteiger partial charge is 0.238 e. The molecule has 3 rings (SSSR count). The van der Waals surface area contributed by atoms with Gasteiger partial charge < -0.3 is 14.3 Å². The maximum absolute atomic E-state index is 11.8. The second-order valence-corrected chi connectivity index (χ2v) is 4.75. The maximum Gasteiger partial charge on any atom is 0.238 e. The van der Waals surface area contributed by atoms with E-state index in [0.29, 0.717) is 36.9 Å². The van der Waals surface area contributed by atoms with Crippen LogP contribution in [0.25, 0.3) is 11.6 Å². The number of rotatable bonds is 6. The van der Waals surface area contributed by atoms with Crippen LogP contribution in [0, 0.1) is 0 Å². The normalized spacial score (nSPS) is 10.5. The van der Waals surface area contributed by atoms with E-state index in [-0.39, 0.29) is 5.91 Å². The molecule has 0 saturated heterocycles. The van der Waals surface area contributed by atoms with Crippen LogP contribution in [-0.2, 0) is 17.8 Å². The SMILES string of the molecule is O=C(CCc1nc(-c2ccco2)no1)NCc1ccccc1. The zero-order chi connectivity index (χ0) is 15.2. The highest BCUT2D eigenvalue weighted by Crippen LogP contribution is 2.16. The molecule has 0 saturated carbocycles. The molecule has 3 aromatic rings. The Morgan fingerprint density at radius 1 is 1.14 bits per heavy atom. The number of nitrogens with zero attached hydrogens (tertiary/aromatic N) is 2. The van der Waals surface area contributed by atoms with E-state index < -0.39 is 0 Å². The number of amides is 1. The van der Waals surface area contributed by atoms with Crippen LogP contribution < -0.4 is 5.32 Å². The fraction of sp³-hybridized carbons (Fsp3) is 0.188. The first-order valence-electron chi connectivity index (χ1n) is 6.98. The molecule has 22 heavy (non-hydrogen) atoms. The highest BCUT2D eigenvalue weighted by Gasteiger charge is 2.12. The van der Waals surface area contributed by atoms with E-state index in [0.717, 1.165) is 5.56 Å². The Labute approximate surface area is 127 Å². The van der Waals surface area contributed by atoms with Crippen LogP contribution in [0.15, 0.2) is 57.7 Å². The minimum atomic E-state index is -0.0541. The molecule has 6 heteroatoms. The molecule has 0 atom stereocenters. The summed E-state index contributed by atoms with van der Waals surface area (Å²) in [6.07, 6.45) is 2.24. The number of hydrogen-bond acceptors (Lipinski definition) is 5. The largest absolute Gasteiger partial charge is 0.461 e. The minimum absolute atomic E-state index is 0.0541.